The lowest BCUT2D eigenvalue weighted by Crippen LogP contribution is -2.52. The van der Waals surface area contributed by atoms with E-state index in [1.807, 2.05) is 30.3 Å². The first-order valence-corrected chi connectivity index (χ1v) is 11.5. The fourth-order valence-corrected chi connectivity index (χ4v) is 5.23. The summed E-state index contributed by atoms with van der Waals surface area (Å²) in [5.74, 6) is 1.49. The molecule has 6 heteroatoms. The van der Waals surface area contributed by atoms with Gasteiger partial charge in [0.1, 0.15) is 5.82 Å². The summed E-state index contributed by atoms with van der Waals surface area (Å²) in [6.45, 7) is 2.79. The van der Waals surface area contributed by atoms with Gasteiger partial charge in [0.25, 0.3) is 0 Å². The lowest BCUT2D eigenvalue weighted by molar-refractivity contribution is -0.142. The fourth-order valence-electron chi connectivity index (χ4n) is 4.97. The monoisotopic (exact) mass is 467 g/mol. The van der Waals surface area contributed by atoms with Gasteiger partial charge >= 0.3 is 0 Å². The molecule has 0 bridgehead atoms. The number of ether oxygens (including phenoxy) is 1. The molecule has 2 saturated heterocycles. The second kappa shape index (κ2) is 8.16. The Morgan fingerprint density at radius 3 is 2.67 bits per heavy atom. The van der Waals surface area contributed by atoms with Crippen molar-refractivity contribution in [1.29, 1.82) is 0 Å². The number of rotatable bonds is 3. The summed E-state index contributed by atoms with van der Waals surface area (Å²) in [6.07, 6.45) is 3.52. The van der Waals surface area contributed by atoms with Crippen LogP contribution in [0, 0.1) is 0 Å². The van der Waals surface area contributed by atoms with Crippen molar-refractivity contribution in [3.8, 4) is 0 Å². The first kappa shape index (κ1) is 19.8. The topological polar surface area (TPSA) is 58.2 Å². The second-order valence-corrected chi connectivity index (χ2v) is 9.35. The predicted octanol–water partition coefficient (Wildman–Crippen LogP) is 4.78. The lowest BCUT2D eigenvalue weighted by atomic mass is 9.72. The number of piperidine rings is 1. The van der Waals surface area contributed by atoms with Crippen LogP contribution in [0.2, 0.25) is 0 Å². The number of halogens is 1. The largest absolute Gasteiger partial charge is 0.381 e. The van der Waals surface area contributed by atoms with Gasteiger partial charge in [0.2, 0.25) is 5.91 Å². The number of H-pyrrole nitrogens is 1. The van der Waals surface area contributed by atoms with Gasteiger partial charge in [0.15, 0.2) is 0 Å². The van der Waals surface area contributed by atoms with Crippen molar-refractivity contribution in [2.24, 2.45) is 0 Å². The number of benzene rings is 2. The molecule has 2 fully saturated rings. The number of carbonyl (C=O) groups excluding carboxylic acids is 1. The summed E-state index contributed by atoms with van der Waals surface area (Å²) in [4.78, 5) is 24.3. The van der Waals surface area contributed by atoms with Crippen LogP contribution in [0.1, 0.15) is 43.0 Å². The van der Waals surface area contributed by atoms with Crippen LogP contribution in [0.4, 0.5) is 0 Å². The van der Waals surface area contributed by atoms with Crippen LogP contribution in [0.15, 0.2) is 53.0 Å². The number of likely N-dealkylation sites (tertiary alicyclic amines) is 1. The van der Waals surface area contributed by atoms with Crippen LogP contribution in [-0.2, 0) is 14.9 Å². The number of fused-ring (bicyclic) bond motifs is 1. The molecule has 2 aliphatic heterocycles. The normalized spacial score (nSPS) is 21.6. The van der Waals surface area contributed by atoms with E-state index in [0.717, 1.165) is 65.7 Å². The molecule has 5 nitrogen and oxygen atoms in total. The first-order valence-electron chi connectivity index (χ1n) is 10.7. The van der Waals surface area contributed by atoms with Crippen LogP contribution in [-0.4, -0.2) is 47.1 Å². The van der Waals surface area contributed by atoms with Crippen molar-refractivity contribution in [2.75, 3.05) is 26.3 Å². The Morgan fingerprint density at radius 1 is 1.13 bits per heavy atom. The Hall–Kier alpha value is -2.18. The molecular weight excluding hydrogens is 442 g/mol. The molecule has 5 rings (SSSR count). The molecule has 1 amide bonds. The quantitative estimate of drug-likeness (QED) is 0.602. The van der Waals surface area contributed by atoms with Gasteiger partial charge < -0.3 is 14.6 Å². The maximum atomic E-state index is 13.9. The summed E-state index contributed by atoms with van der Waals surface area (Å²) in [6, 6.07) is 16.4. The van der Waals surface area contributed by atoms with Gasteiger partial charge in [-0.1, -0.05) is 40.2 Å². The molecule has 0 aliphatic carbocycles. The molecule has 30 heavy (non-hydrogen) atoms. The zero-order chi connectivity index (χ0) is 20.6. The third kappa shape index (κ3) is 3.56. The number of nitrogens with one attached hydrogen (secondary N) is 1. The first-order chi connectivity index (χ1) is 14.7. The van der Waals surface area contributed by atoms with E-state index in [2.05, 4.69) is 44.0 Å². The number of hydrogen-bond donors (Lipinski definition) is 1. The smallest absolute Gasteiger partial charge is 0.233 e. The Balaban J connectivity index is 1.42. The molecule has 3 aromatic rings. The minimum atomic E-state index is -0.491. The summed E-state index contributed by atoms with van der Waals surface area (Å²) in [5.41, 5.74) is 2.66. The lowest BCUT2D eigenvalue weighted by Gasteiger charge is -2.42. The minimum absolute atomic E-state index is 0.244. The molecule has 1 N–H and O–H groups in total. The zero-order valence-corrected chi connectivity index (χ0v) is 18.5. The number of carbonyl (C=O) groups is 1. The number of imidazole rings is 1. The van der Waals surface area contributed by atoms with E-state index < -0.39 is 5.41 Å². The minimum Gasteiger partial charge on any atom is -0.381 e. The van der Waals surface area contributed by atoms with Crippen molar-refractivity contribution in [3.63, 3.8) is 0 Å². The summed E-state index contributed by atoms with van der Waals surface area (Å²) in [5, 5.41) is 0. The van der Waals surface area contributed by atoms with Gasteiger partial charge in [0.05, 0.1) is 16.4 Å². The van der Waals surface area contributed by atoms with E-state index in [1.165, 1.54) is 0 Å². The molecule has 0 saturated carbocycles. The highest BCUT2D eigenvalue weighted by molar-refractivity contribution is 9.10. The number of aromatic amines is 1. The van der Waals surface area contributed by atoms with Crippen molar-refractivity contribution in [3.05, 3.63) is 64.4 Å². The number of aromatic nitrogens is 2. The molecule has 1 unspecified atom stereocenters. The molecule has 1 aromatic heterocycles. The number of hydrogen-bond acceptors (Lipinski definition) is 3. The highest BCUT2D eigenvalue weighted by Gasteiger charge is 2.45. The Kier molecular flexibility index (Phi) is 5.37. The number of para-hydroxylation sites is 2. The summed E-state index contributed by atoms with van der Waals surface area (Å²) < 4.78 is 6.67. The van der Waals surface area contributed by atoms with Gasteiger partial charge in [-0.05, 0) is 55.5 Å². The Bertz CT molecular complexity index is 1010. The summed E-state index contributed by atoms with van der Waals surface area (Å²) >= 11 is 3.52. The van der Waals surface area contributed by atoms with Crippen molar-refractivity contribution >= 4 is 32.9 Å². The average molecular weight is 468 g/mol. The maximum absolute atomic E-state index is 13.9. The van der Waals surface area contributed by atoms with E-state index in [9.17, 15) is 4.79 Å². The molecule has 2 aromatic carbocycles. The van der Waals surface area contributed by atoms with Crippen LogP contribution in [0.5, 0.6) is 0 Å². The molecule has 2 aliphatic rings. The van der Waals surface area contributed by atoms with Crippen LogP contribution in [0.3, 0.4) is 0 Å². The van der Waals surface area contributed by atoms with Gasteiger partial charge in [0, 0.05) is 36.7 Å². The Labute approximate surface area is 185 Å². The van der Waals surface area contributed by atoms with E-state index in [-0.39, 0.29) is 11.8 Å². The molecule has 1 atom stereocenters. The Morgan fingerprint density at radius 2 is 1.90 bits per heavy atom. The summed E-state index contributed by atoms with van der Waals surface area (Å²) in [7, 11) is 0. The van der Waals surface area contributed by atoms with Gasteiger partial charge in [-0.2, -0.15) is 0 Å². The molecule has 0 spiro atoms. The third-order valence-corrected chi connectivity index (χ3v) is 7.18. The zero-order valence-electron chi connectivity index (χ0n) is 16.9. The van der Waals surface area contributed by atoms with Gasteiger partial charge in [-0.3, -0.25) is 4.79 Å². The predicted molar refractivity (Wildman–Crippen MR) is 121 cm³/mol. The van der Waals surface area contributed by atoms with Crippen molar-refractivity contribution in [2.45, 2.75) is 37.0 Å². The van der Waals surface area contributed by atoms with Crippen molar-refractivity contribution < 1.29 is 9.53 Å². The van der Waals surface area contributed by atoms with Crippen LogP contribution in [0.25, 0.3) is 11.0 Å². The van der Waals surface area contributed by atoms with Crippen LogP contribution >= 0.6 is 15.9 Å². The second-order valence-electron chi connectivity index (χ2n) is 8.43. The maximum Gasteiger partial charge on any atom is 0.233 e. The molecular formula is C24H26BrN3O2. The van der Waals surface area contributed by atoms with Gasteiger partial charge in [-0.15, -0.1) is 0 Å². The molecule has 0 radical (unpaired) electrons. The number of amides is 1. The average Bonchev–Trinajstić information content (AvgIpc) is 3.24. The number of nitrogens with zero attached hydrogens (tertiary/aromatic N) is 2. The molecule has 3 heterocycles. The van der Waals surface area contributed by atoms with E-state index in [0.29, 0.717) is 13.2 Å². The SMILES string of the molecule is O=C(N1CCCC(c2nc3ccccc3[nH]2)C1)C1(c2ccc(Br)cc2)CCOCC1. The standard InChI is InChI=1S/C24H26BrN3O2/c25-19-9-7-18(8-10-19)24(11-14-30-15-12-24)23(29)28-13-3-4-17(16-28)22-26-20-5-1-2-6-21(20)27-22/h1-2,5-10,17H,3-4,11-16H2,(H,26,27). The van der Waals surface area contributed by atoms with Crippen LogP contribution < -0.4 is 0 Å². The third-order valence-electron chi connectivity index (χ3n) is 6.66. The van der Waals surface area contributed by atoms with Crippen molar-refractivity contribution in [1.82, 2.24) is 14.9 Å². The highest BCUT2D eigenvalue weighted by atomic mass is 79.9. The van der Waals surface area contributed by atoms with Gasteiger partial charge in [-0.25, -0.2) is 4.98 Å². The fraction of sp³-hybridized carbons (Fsp3) is 0.417. The highest BCUT2D eigenvalue weighted by Crippen LogP contribution is 2.39. The van der Waals surface area contributed by atoms with E-state index >= 15 is 0 Å². The van der Waals surface area contributed by atoms with E-state index in [4.69, 9.17) is 9.72 Å². The molecule has 156 valence electrons. The van der Waals surface area contributed by atoms with E-state index in [1.54, 1.807) is 0 Å².